The number of pyridine rings is 1. The Morgan fingerprint density at radius 1 is 1.12 bits per heavy atom. The van der Waals surface area contributed by atoms with Crippen LogP contribution in [0.1, 0.15) is 15.9 Å². The summed E-state index contributed by atoms with van der Waals surface area (Å²) in [6.45, 7) is 0.195. The molecule has 3 aromatic rings. The Morgan fingerprint density at radius 2 is 1.92 bits per heavy atom. The molecule has 1 amide bonds. The van der Waals surface area contributed by atoms with Crippen molar-refractivity contribution in [3.63, 3.8) is 0 Å². The molecule has 126 valence electrons. The number of nitrogens with one attached hydrogen (secondary N) is 1. The van der Waals surface area contributed by atoms with Crippen molar-refractivity contribution in [1.29, 1.82) is 0 Å². The monoisotopic (exact) mass is 356 g/mol. The van der Waals surface area contributed by atoms with E-state index in [-0.39, 0.29) is 18.3 Å². The third-order valence-electron chi connectivity index (χ3n) is 3.42. The van der Waals surface area contributed by atoms with E-state index >= 15 is 0 Å². The lowest BCUT2D eigenvalue weighted by Gasteiger charge is -2.11. The van der Waals surface area contributed by atoms with E-state index in [1.54, 1.807) is 54.9 Å². The van der Waals surface area contributed by atoms with Crippen LogP contribution in [0.25, 0.3) is 0 Å². The minimum atomic E-state index is -0.318. The maximum atomic E-state index is 13.2. The molecule has 0 radical (unpaired) electrons. The molecule has 0 unspecified atom stereocenters. The van der Waals surface area contributed by atoms with E-state index in [0.29, 0.717) is 27.6 Å². The molecule has 4 nitrogen and oxygen atoms in total. The molecule has 25 heavy (non-hydrogen) atoms. The van der Waals surface area contributed by atoms with Gasteiger partial charge in [-0.2, -0.15) is 0 Å². The van der Waals surface area contributed by atoms with Crippen LogP contribution in [0.3, 0.4) is 0 Å². The van der Waals surface area contributed by atoms with E-state index < -0.39 is 0 Å². The zero-order chi connectivity index (χ0) is 17.6. The van der Waals surface area contributed by atoms with Crippen LogP contribution >= 0.6 is 11.6 Å². The minimum Gasteiger partial charge on any atom is -0.487 e. The van der Waals surface area contributed by atoms with Crippen LogP contribution in [-0.4, -0.2) is 10.9 Å². The standard InChI is InChI=1S/C19H14ClFN2O2/c20-17-11-16(23-19(24)14-6-8-22-9-7-14)4-5-18(17)25-12-13-2-1-3-15(21)10-13/h1-11H,12H2,(H,23,24). The summed E-state index contributed by atoms with van der Waals surface area (Å²) in [7, 11) is 0. The molecule has 0 spiro atoms. The second kappa shape index (κ2) is 7.77. The van der Waals surface area contributed by atoms with Gasteiger partial charge < -0.3 is 10.1 Å². The molecule has 0 saturated carbocycles. The van der Waals surface area contributed by atoms with Crippen molar-refractivity contribution < 1.29 is 13.9 Å². The molecule has 0 aliphatic rings. The average molecular weight is 357 g/mol. The van der Waals surface area contributed by atoms with Gasteiger partial charge in [-0.15, -0.1) is 0 Å². The third-order valence-corrected chi connectivity index (χ3v) is 3.71. The predicted octanol–water partition coefficient (Wildman–Crippen LogP) is 4.71. The minimum absolute atomic E-state index is 0.195. The number of aromatic nitrogens is 1. The number of carbonyl (C=O) groups excluding carboxylic acids is 1. The lowest BCUT2D eigenvalue weighted by Crippen LogP contribution is -2.11. The highest BCUT2D eigenvalue weighted by molar-refractivity contribution is 6.32. The van der Waals surface area contributed by atoms with Gasteiger partial charge in [-0.3, -0.25) is 9.78 Å². The highest BCUT2D eigenvalue weighted by Crippen LogP contribution is 2.28. The summed E-state index contributed by atoms with van der Waals surface area (Å²) < 4.78 is 18.8. The lowest BCUT2D eigenvalue weighted by molar-refractivity contribution is 0.102. The molecule has 0 aliphatic heterocycles. The number of carbonyl (C=O) groups is 1. The quantitative estimate of drug-likeness (QED) is 0.720. The summed E-state index contributed by atoms with van der Waals surface area (Å²) in [5, 5.41) is 3.10. The first-order chi connectivity index (χ1) is 12.1. The van der Waals surface area contributed by atoms with Crippen LogP contribution in [0.15, 0.2) is 67.0 Å². The van der Waals surface area contributed by atoms with Crippen LogP contribution in [0.5, 0.6) is 5.75 Å². The van der Waals surface area contributed by atoms with Crippen LogP contribution in [0, 0.1) is 5.82 Å². The Morgan fingerprint density at radius 3 is 2.64 bits per heavy atom. The normalized spacial score (nSPS) is 10.3. The Hall–Kier alpha value is -2.92. The fourth-order valence-electron chi connectivity index (χ4n) is 2.19. The summed E-state index contributed by atoms with van der Waals surface area (Å²) in [6.07, 6.45) is 3.09. The molecule has 1 heterocycles. The van der Waals surface area contributed by atoms with Crippen molar-refractivity contribution in [1.82, 2.24) is 4.98 Å². The van der Waals surface area contributed by atoms with Gasteiger partial charge in [-0.1, -0.05) is 23.7 Å². The molecule has 0 atom stereocenters. The molecular weight excluding hydrogens is 343 g/mol. The van der Waals surface area contributed by atoms with E-state index in [9.17, 15) is 9.18 Å². The molecule has 0 saturated heterocycles. The molecule has 0 bridgehead atoms. The van der Waals surface area contributed by atoms with Gasteiger partial charge in [0, 0.05) is 23.6 Å². The maximum absolute atomic E-state index is 13.2. The number of hydrogen-bond donors (Lipinski definition) is 1. The Balaban J connectivity index is 1.65. The Labute approximate surface area is 149 Å². The summed E-state index contributed by atoms with van der Waals surface area (Å²) in [6, 6.07) is 14.3. The van der Waals surface area contributed by atoms with Gasteiger partial charge in [0.1, 0.15) is 18.2 Å². The summed E-state index contributed by atoms with van der Waals surface area (Å²) in [5.41, 5.74) is 1.74. The predicted molar refractivity (Wildman–Crippen MR) is 94.4 cm³/mol. The van der Waals surface area contributed by atoms with E-state index in [1.807, 2.05) is 0 Å². The van der Waals surface area contributed by atoms with Gasteiger partial charge >= 0.3 is 0 Å². The van der Waals surface area contributed by atoms with E-state index in [1.165, 1.54) is 12.1 Å². The van der Waals surface area contributed by atoms with E-state index in [0.717, 1.165) is 0 Å². The van der Waals surface area contributed by atoms with Crippen molar-refractivity contribution in [2.75, 3.05) is 5.32 Å². The van der Waals surface area contributed by atoms with Crippen LogP contribution < -0.4 is 10.1 Å². The molecule has 1 aromatic heterocycles. The first-order valence-corrected chi connectivity index (χ1v) is 7.88. The summed E-state index contributed by atoms with van der Waals surface area (Å²) in [4.78, 5) is 16.0. The van der Waals surface area contributed by atoms with Crippen molar-refractivity contribution in [3.05, 3.63) is 89.0 Å². The van der Waals surface area contributed by atoms with Gasteiger partial charge in [0.15, 0.2) is 0 Å². The lowest BCUT2D eigenvalue weighted by atomic mass is 10.2. The number of amides is 1. The van der Waals surface area contributed by atoms with Gasteiger partial charge in [0.25, 0.3) is 5.91 Å². The average Bonchev–Trinajstić information content (AvgIpc) is 2.62. The largest absolute Gasteiger partial charge is 0.487 e. The zero-order valence-corrected chi connectivity index (χ0v) is 13.8. The number of anilines is 1. The fourth-order valence-corrected chi connectivity index (χ4v) is 2.43. The zero-order valence-electron chi connectivity index (χ0n) is 13.1. The first kappa shape index (κ1) is 16.9. The Bertz CT molecular complexity index is 888. The molecule has 0 fully saturated rings. The third kappa shape index (κ3) is 4.55. The van der Waals surface area contributed by atoms with Crippen molar-refractivity contribution in [3.8, 4) is 5.75 Å². The van der Waals surface area contributed by atoms with Crippen LogP contribution in [0.4, 0.5) is 10.1 Å². The van der Waals surface area contributed by atoms with Crippen LogP contribution in [-0.2, 0) is 6.61 Å². The van der Waals surface area contributed by atoms with Crippen molar-refractivity contribution >= 4 is 23.2 Å². The summed E-state index contributed by atoms with van der Waals surface area (Å²) in [5.74, 6) is -0.124. The van der Waals surface area contributed by atoms with E-state index in [4.69, 9.17) is 16.3 Å². The van der Waals surface area contributed by atoms with Gasteiger partial charge in [0.2, 0.25) is 0 Å². The van der Waals surface area contributed by atoms with Gasteiger partial charge in [-0.05, 0) is 48.0 Å². The molecule has 1 N–H and O–H groups in total. The number of hydrogen-bond acceptors (Lipinski definition) is 3. The van der Waals surface area contributed by atoms with Gasteiger partial charge in [-0.25, -0.2) is 4.39 Å². The highest BCUT2D eigenvalue weighted by atomic mass is 35.5. The molecular formula is C19H14ClFN2O2. The molecule has 2 aromatic carbocycles. The molecule has 0 aliphatic carbocycles. The van der Waals surface area contributed by atoms with Gasteiger partial charge in [0.05, 0.1) is 5.02 Å². The van der Waals surface area contributed by atoms with E-state index in [2.05, 4.69) is 10.3 Å². The second-order valence-electron chi connectivity index (χ2n) is 5.25. The fraction of sp³-hybridized carbons (Fsp3) is 0.0526. The number of ether oxygens (including phenoxy) is 1. The smallest absolute Gasteiger partial charge is 0.255 e. The van der Waals surface area contributed by atoms with Crippen LogP contribution in [0.2, 0.25) is 5.02 Å². The highest BCUT2D eigenvalue weighted by Gasteiger charge is 2.08. The molecule has 3 rings (SSSR count). The SMILES string of the molecule is O=C(Nc1ccc(OCc2cccc(F)c2)c(Cl)c1)c1ccncc1. The first-order valence-electron chi connectivity index (χ1n) is 7.50. The maximum Gasteiger partial charge on any atom is 0.255 e. The number of rotatable bonds is 5. The topological polar surface area (TPSA) is 51.2 Å². The number of halogens is 2. The number of benzene rings is 2. The molecule has 6 heteroatoms. The van der Waals surface area contributed by atoms with Crippen molar-refractivity contribution in [2.45, 2.75) is 6.61 Å². The Kier molecular flexibility index (Phi) is 5.26. The number of nitrogens with zero attached hydrogens (tertiary/aromatic N) is 1. The summed E-state index contributed by atoms with van der Waals surface area (Å²) >= 11 is 6.20. The second-order valence-corrected chi connectivity index (χ2v) is 5.66. The van der Waals surface area contributed by atoms with Crippen molar-refractivity contribution in [2.24, 2.45) is 0 Å².